The first-order valence-corrected chi connectivity index (χ1v) is 3.76. The molecule has 0 atom stereocenters. The molecule has 0 spiro atoms. The standard InChI is InChI=1S/C5H8O4.C2H6N2.Pt/c1-2-3(4(6)7)5(8)9;3-1-2-4;/h3H,2H2,1H3,(H,6,7)(H,8,9);3-4H,1-2H2;/q;-2;+2. The normalized spacial score (nSPS) is 8.29. The van der Waals surface area contributed by atoms with E-state index in [0.29, 0.717) is 0 Å². The van der Waals surface area contributed by atoms with Gasteiger partial charge in [0.1, 0.15) is 0 Å². The van der Waals surface area contributed by atoms with Gasteiger partial charge in [-0.25, -0.2) is 0 Å². The number of aliphatic carboxylic acids is 2. The van der Waals surface area contributed by atoms with Gasteiger partial charge in [0.15, 0.2) is 5.92 Å². The van der Waals surface area contributed by atoms with Crippen LogP contribution in [0.1, 0.15) is 13.3 Å². The summed E-state index contributed by atoms with van der Waals surface area (Å²) < 4.78 is 0. The predicted molar refractivity (Wildman–Crippen MR) is 47.4 cm³/mol. The third kappa shape index (κ3) is 11.5. The maximum absolute atomic E-state index is 9.99. The van der Waals surface area contributed by atoms with Crippen molar-refractivity contribution in [3.63, 3.8) is 0 Å². The minimum atomic E-state index is -1.27. The zero-order valence-electron chi connectivity index (χ0n) is 7.73. The number of rotatable bonds is 4. The van der Waals surface area contributed by atoms with Gasteiger partial charge in [0.2, 0.25) is 0 Å². The molecule has 0 radical (unpaired) electrons. The summed E-state index contributed by atoms with van der Waals surface area (Å²) in [5.41, 5.74) is 12.5. The molecule has 0 bridgehead atoms. The van der Waals surface area contributed by atoms with Crippen molar-refractivity contribution < 1.29 is 40.9 Å². The second-order valence-corrected chi connectivity index (χ2v) is 2.14. The van der Waals surface area contributed by atoms with E-state index < -0.39 is 17.9 Å². The van der Waals surface area contributed by atoms with Crippen molar-refractivity contribution in [3.8, 4) is 0 Å². The third-order valence-electron chi connectivity index (χ3n) is 1.13. The number of carbonyl (C=O) groups is 2. The molecule has 0 saturated heterocycles. The maximum atomic E-state index is 9.99. The summed E-state index contributed by atoms with van der Waals surface area (Å²) >= 11 is 0. The Kier molecular flexibility index (Phi) is 17.2. The van der Waals surface area contributed by atoms with Crippen molar-refractivity contribution in [1.29, 1.82) is 0 Å². The van der Waals surface area contributed by atoms with Crippen LogP contribution in [0.2, 0.25) is 0 Å². The van der Waals surface area contributed by atoms with Crippen LogP contribution >= 0.6 is 0 Å². The molecule has 86 valence electrons. The minimum absolute atomic E-state index is 0. The van der Waals surface area contributed by atoms with Gasteiger partial charge in [-0.3, -0.25) is 9.59 Å². The first-order valence-electron chi connectivity index (χ1n) is 3.76. The van der Waals surface area contributed by atoms with Crippen LogP contribution in [0.15, 0.2) is 0 Å². The van der Waals surface area contributed by atoms with E-state index >= 15 is 0 Å². The largest absolute Gasteiger partial charge is 2.00 e. The van der Waals surface area contributed by atoms with Gasteiger partial charge in [-0.2, -0.15) is 13.1 Å². The topological polar surface area (TPSA) is 122 Å². The van der Waals surface area contributed by atoms with E-state index in [9.17, 15) is 9.59 Å². The van der Waals surface area contributed by atoms with Gasteiger partial charge in [-0.15, -0.1) is 0 Å². The van der Waals surface area contributed by atoms with Crippen LogP contribution < -0.4 is 0 Å². The summed E-state index contributed by atoms with van der Waals surface area (Å²) in [5, 5.41) is 16.3. The molecule has 0 aromatic heterocycles. The van der Waals surface area contributed by atoms with E-state index in [2.05, 4.69) is 0 Å². The Labute approximate surface area is 96.9 Å². The fourth-order valence-corrected chi connectivity index (χ4v) is 0.455. The first-order chi connectivity index (χ1) is 6.01. The average molecular weight is 385 g/mol. The second kappa shape index (κ2) is 12.5. The molecule has 0 amide bonds. The summed E-state index contributed by atoms with van der Waals surface area (Å²) in [6.45, 7) is 1.99. The minimum Gasteiger partial charge on any atom is -0.679 e. The predicted octanol–water partition coefficient (Wildman–Crippen LogP) is 1.27. The van der Waals surface area contributed by atoms with E-state index in [0.717, 1.165) is 0 Å². The van der Waals surface area contributed by atoms with Crippen molar-refractivity contribution in [3.05, 3.63) is 11.5 Å². The zero-order chi connectivity index (χ0) is 10.9. The van der Waals surface area contributed by atoms with Crippen LogP contribution in [-0.4, -0.2) is 35.2 Å². The molecule has 7 heteroatoms. The van der Waals surface area contributed by atoms with Crippen molar-refractivity contribution in [1.82, 2.24) is 0 Å². The molecule has 0 fully saturated rings. The number of carboxylic acid groups (broad SMARTS) is 2. The molecule has 4 N–H and O–H groups in total. The van der Waals surface area contributed by atoms with Crippen LogP contribution in [0.5, 0.6) is 0 Å². The number of nitrogens with one attached hydrogen (secondary N) is 2. The Morgan fingerprint density at radius 3 is 1.43 bits per heavy atom. The fraction of sp³-hybridized carbons (Fsp3) is 0.714. The van der Waals surface area contributed by atoms with Crippen LogP contribution in [0.3, 0.4) is 0 Å². The van der Waals surface area contributed by atoms with E-state index in [4.69, 9.17) is 21.7 Å². The molecule has 14 heavy (non-hydrogen) atoms. The fourth-order valence-electron chi connectivity index (χ4n) is 0.455. The Morgan fingerprint density at radius 1 is 1.14 bits per heavy atom. The molecule has 0 rings (SSSR count). The molecule has 0 heterocycles. The molecule has 6 nitrogen and oxygen atoms in total. The van der Waals surface area contributed by atoms with Gasteiger partial charge in [0.25, 0.3) is 0 Å². The SMILES string of the molecule is CCC(C(=O)O)C(=O)O.[NH-]CC[NH-].[Pt+2]. The second-order valence-electron chi connectivity index (χ2n) is 2.14. The Morgan fingerprint density at radius 2 is 1.43 bits per heavy atom. The summed E-state index contributed by atoms with van der Waals surface area (Å²) in [6.07, 6.45) is 0.130. The summed E-state index contributed by atoms with van der Waals surface area (Å²) in [4.78, 5) is 20.0. The Balaban J connectivity index is -0.000000209. The van der Waals surface area contributed by atoms with Crippen LogP contribution in [0.4, 0.5) is 0 Å². The van der Waals surface area contributed by atoms with Gasteiger partial charge in [-0.05, 0) is 6.42 Å². The van der Waals surface area contributed by atoms with Gasteiger partial charge in [-0.1, -0.05) is 6.92 Å². The van der Waals surface area contributed by atoms with Gasteiger partial charge >= 0.3 is 33.0 Å². The summed E-state index contributed by atoms with van der Waals surface area (Å²) in [7, 11) is 0. The van der Waals surface area contributed by atoms with Gasteiger partial charge in [0.05, 0.1) is 0 Å². The zero-order valence-corrected chi connectivity index (χ0v) is 10.00. The van der Waals surface area contributed by atoms with E-state index in [1.54, 1.807) is 0 Å². The van der Waals surface area contributed by atoms with Gasteiger partial charge < -0.3 is 21.7 Å². The summed E-state index contributed by atoms with van der Waals surface area (Å²) in [5.74, 6) is -3.79. The molecule has 0 aromatic carbocycles. The van der Waals surface area contributed by atoms with E-state index in [-0.39, 0.29) is 40.6 Å². The van der Waals surface area contributed by atoms with Crippen molar-refractivity contribution >= 4 is 11.9 Å². The maximum Gasteiger partial charge on any atom is 2.00 e. The first kappa shape index (κ1) is 19.2. The molecule has 0 aromatic rings. The summed E-state index contributed by atoms with van der Waals surface area (Å²) in [6, 6.07) is 0. The quantitative estimate of drug-likeness (QED) is 0.708. The number of hydrogen-bond acceptors (Lipinski definition) is 2. The van der Waals surface area contributed by atoms with Crippen LogP contribution in [0, 0.1) is 5.92 Å². The van der Waals surface area contributed by atoms with Crippen molar-refractivity contribution in [2.45, 2.75) is 13.3 Å². The average Bonchev–Trinajstić information content (AvgIpc) is 2.04. The number of carboxylic acids is 2. The molecule has 0 aliphatic carbocycles. The smallest absolute Gasteiger partial charge is 0.679 e. The molecular formula is C7H14N2O4Pt. The molecule has 0 saturated carbocycles. The van der Waals surface area contributed by atoms with Crippen molar-refractivity contribution in [2.24, 2.45) is 5.92 Å². The molecule has 0 unspecified atom stereocenters. The molecule has 0 aliphatic rings. The molecular weight excluding hydrogens is 371 g/mol. The van der Waals surface area contributed by atoms with E-state index in [1.165, 1.54) is 6.92 Å². The molecule has 0 aliphatic heterocycles. The monoisotopic (exact) mass is 385 g/mol. The number of hydrogen-bond donors (Lipinski definition) is 2. The van der Waals surface area contributed by atoms with Crippen molar-refractivity contribution in [2.75, 3.05) is 13.1 Å². The third-order valence-corrected chi connectivity index (χ3v) is 1.13. The van der Waals surface area contributed by atoms with Crippen LogP contribution in [0.25, 0.3) is 11.5 Å². The van der Waals surface area contributed by atoms with Crippen LogP contribution in [-0.2, 0) is 30.7 Å². The van der Waals surface area contributed by atoms with Gasteiger partial charge in [0, 0.05) is 0 Å². The Bertz CT molecular complexity index is 150. The van der Waals surface area contributed by atoms with E-state index in [1.807, 2.05) is 0 Å². The Hall–Kier alpha value is -0.452.